The summed E-state index contributed by atoms with van der Waals surface area (Å²) in [6.07, 6.45) is 4.84. The van der Waals surface area contributed by atoms with Gasteiger partial charge in [0.1, 0.15) is 11.9 Å². The van der Waals surface area contributed by atoms with Gasteiger partial charge >= 0.3 is 0 Å². The fraction of sp³-hybridized carbons (Fsp3) is 0.125. The van der Waals surface area contributed by atoms with Crippen LogP contribution in [0.1, 0.15) is 26.3 Å². The van der Waals surface area contributed by atoms with Gasteiger partial charge in [0.25, 0.3) is 11.8 Å². The summed E-state index contributed by atoms with van der Waals surface area (Å²) in [5.41, 5.74) is 3.75. The van der Waals surface area contributed by atoms with Crippen molar-refractivity contribution in [2.24, 2.45) is 0 Å². The molecule has 33 heavy (non-hydrogen) atoms. The van der Waals surface area contributed by atoms with Gasteiger partial charge in [-0.2, -0.15) is 10.4 Å². The number of pyridine rings is 2. The Morgan fingerprint density at radius 1 is 1.12 bits per heavy atom. The molecular formula is C24H20N6O3. The van der Waals surface area contributed by atoms with Crippen molar-refractivity contribution in [3.05, 3.63) is 83.8 Å². The highest BCUT2D eigenvalue weighted by Crippen LogP contribution is 2.26. The number of aliphatic hydroxyl groups is 1. The normalized spacial score (nSPS) is 10.6. The zero-order chi connectivity index (χ0) is 23.4. The standard InChI is InChI=1S/C24H20N6O3/c1-29(22-7-2-16(13-25)14-27-22)24(33)19-8-10-30-21(12-19)20(15-28-30)17-3-5-18(6-4-17)23(32)26-9-11-31/h2-8,10,12,14-15,31H,9,11H2,1H3,(H,26,32). The number of hydrogen-bond acceptors (Lipinski definition) is 6. The van der Waals surface area contributed by atoms with E-state index in [0.717, 1.165) is 16.6 Å². The van der Waals surface area contributed by atoms with E-state index in [9.17, 15) is 9.59 Å². The number of aliphatic hydroxyl groups excluding tert-OH is 1. The molecule has 9 heteroatoms. The minimum absolute atomic E-state index is 0.121. The molecule has 2 N–H and O–H groups in total. The Morgan fingerprint density at radius 2 is 1.91 bits per heavy atom. The largest absolute Gasteiger partial charge is 0.395 e. The minimum Gasteiger partial charge on any atom is -0.395 e. The summed E-state index contributed by atoms with van der Waals surface area (Å²) in [7, 11) is 1.62. The molecule has 0 aliphatic rings. The molecule has 0 radical (unpaired) electrons. The van der Waals surface area contributed by atoms with Crippen LogP contribution in [0, 0.1) is 11.3 Å². The zero-order valence-corrected chi connectivity index (χ0v) is 17.8. The second-order valence-corrected chi connectivity index (χ2v) is 7.24. The predicted octanol–water partition coefficient (Wildman–Crippen LogP) is 2.27. The number of aromatic nitrogens is 3. The number of nitrogens with one attached hydrogen (secondary N) is 1. The summed E-state index contributed by atoms with van der Waals surface area (Å²) in [5, 5.41) is 24.7. The lowest BCUT2D eigenvalue weighted by atomic mass is 10.0. The summed E-state index contributed by atoms with van der Waals surface area (Å²) in [6, 6.07) is 15.7. The van der Waals surface area contributed by atoms with Crippen LogP contribution in [0.5, 0.6) is 0 Å². The quantitative estimate of drug-likeness (QED) is 0.474. The summed E-state index contributed by atoms with van der Waals surface area (Å²) >= 11 is 0. The van der Waals surface area contributed by atoms with Gasteiger partial charge in [0.2, 0.25) is 0 Å². The van der Waals surface area contributed by atoms with Crippen LogP contribution in [0.4, 0.5) is 5.82 Å². The molecule has 0 saturated carbocycles. The van der Waals surface area contributed by atoms with Crippen molar-refractivity contribution in [1.29, 1.82) is 5.26 Å². The van der Waals surface area contributed by atoms with Crippen LogP contribution in [0.15, 0.2) is 67.1 Å². The SMILES string of the molecule is CN(C(=O)c1ccn2ncc(-c3ccc(C(=O)NCCO)cc3)c2c1)c1ccc(C#N)cn1. The van der Waals surface area contributed by atoms with Gasteiger partial charge in [-0.15, -0.1) is 0 Å². The molecule has 0 fully saturated rings. The van der Waals surface area contributed by atoms with Crippen molar-refractivity contribution in [3.63, 3.8) is 0 Å². The average Bonchev–Trinajstić information content (AvgIpc) is 3.29. The van der Waals surface area contributed by atoms with Crippen molar-refractivity contribution >= 4 is 23.1 Å². The number of anilines is 1. The monoisotopic (exact) mass is 440 g/mol. The third-order valence-electron chi connectivity index (χ3n) is 5.15. The molecule has 3 heterocycles. The minimum atomic E-state index is -0.261. The number of carbonyl (C=O) groups excluding carboxylic acids is 2. The van der Waals surface area contributed by atoms with Gasteiger partial charge in [0, 0.05) is 42.7 Å². The molecule has 0 saturated heterocycles. The molecule has 0 spiro atoms. The molecule has 0 unspecified atom stereocenters. The fourth-order valence-electron chi connectivity index (χ4n) is 3.36. The van der Waals surface area contributed by atoms with Crippen LogP contribution < -0.4 is 10.2 Å². The molecule has 9 nitrogen and oxygen atoms in total. The molecule has 3 aromatic heterocycles. The fourth-order valence-corrected chi connectivity index (χ4v) is 3.36. The van der Waals surface area contributed by atoms with Crippen LogP contribution in [-0.2, 0) is 0 Å². The Hall–Kier alpha value is -4.55. The van der Waals surface area contributed by atoms with Gasteiger partial charge in [-0.1, -0.05) is 12.1 Å². The first-order chi connectivity index (χ1) is 16.0. The van der Waals surface area contributed by atoms with E-state index in [1.807, 2.05) is 18.2 Å². The summed E-state index contributed by atoms with van der Waals surface area (Å²) < 4.78 is 1.67. The Kier molecular flexibility index (Phi) is 6.11. The molecular weight excluding hydrogens is 420 g/mol. The van der Waals surface area contributed by atoms with E-state index in [-0.39, 0.29) is 25.0 Å². The van der Waals surface area contributed by atoms with Crippen LogP contribution in [-0.4, -0.2) is 51.7 Å². The molecule has 2 amide bonds. The third-order valence-corrected chi connectivity index (χ3v) is 5.15. The summed E-state index contributed by atoms with van der Waals surface area (Å²) in [6.45, 7) is 0.0710. The molecule has 4 rings (SSSR count). The van der Waals surface area contributed by atoms with Crippen molar-refractivity contribution in [2.45, 2.75) is 0 Å². The van der Waals surface area contributed by atoms with E-state index in [2.05, 4.69) is 15.4 Å². The van der Waals surface area contributed by atoms with Crippen LogP contribution in [0.25, 0.3) is 16.6 Å². The van der Waals surface area contributed by atoms with Crippen molar-refractivity contribution in [3.8, 4) is 17.2 Å². The topological polar surface area (TPSA) is 124 Å². The number of amides is 2. The molecule has 0 aliphatic carbocycles. The first-order valence-corrected chi connectivity index (χ1v) is 10.1. The van der Waals surface area contributed by atoms with Crippen LogP contribution >= 0.6 is 0 Å². The maximum atomic E-state index is 13.0. The predicted molar refractivity (Wildman–Crippen MR) is 122 cm³/mol. The second-order valence-electron chi connectivity index (χ2n) is 7.24. The zero-order valence-electron chi connectivity index (χ0n) is 17.8. The van der Waals surface area contributed by atoms with Crippen molar-refractivity contribution in [2.75, 3.05) is 25.1 Å². The highest BCUT2D eigenvalue weighted by Gasteiger charge is 2.17. The first-order valence-electron chi connectivity index (χ1n) is 10.1. The number of carbonyl (C=O) groups is 2. The maximum absolute atomic E-state index is 13.0. The van der Waals surface area contributed by atoms with Gasteiger partial charge in [-0.25, -0.2) is 9.50 Å². The van der Waals surface area contributed by atoms with E-state index in [1.165, 1.54) is 11.1 Å². The number of nitrogens with zero attached hydrogens (tertiary/aromatic N) is 5. The maximum Gasteiger partial charge on any atom is 0.259 e. The van der Waals surface area contributed by atoms with Gasteiger partial charge in [-0.05, 0) is 42.0 Å². The van der Waals surface area contributed by atoms with E-state index in [1.54, 1.807) is 60.4 Å². The second kappa shape index (κ2) is 9.30. The number of nitriles is 1. The van der Waals surface area contributed by atoms with E-state index >= 15 is 0 Å². The first kappa shape index (κ1) is 21.7. The lowest BCUT2D eigenvalue weighted by molar-refractivity contribution is 0.0943. The lowest BCUT2D eigenvalue weighted by Crippen LogP contribution is -2.27. The number of hydrogen-bond donors (Lipinski definition) is 2. The summed E-state index contributed by atoms with van der Waals surface area (Å²) in [5.74, 6) is -0.0803. The van der Waals surface area contributed by atoms with Crippen LogP contribution in [0.2, 0.25) is 0 Å². The Bertz CT molecular complexity index is 1350. The number of fused-ring (bicyclic) bond motifs is 1. The lowest BCUT2D eigenvalue weighted by Gasteiger charge is -2.16. The number of benzene rings is 1. The highest BCUT2D eigenvalue weighted by molar-refractivity contribution is 6.06. The third kappa shape index (κ3) is 4.42. The summed E-state index contributed by atoms with van der Waals surface area (Å²) in [4.78, 5) is 30.7. The van der Waals surface area contributed by atoms with E-state index in [0.29, 0.717) is 22.5 Å². The molecule has 164 valence electrons. The van der Waals surface area contributed by atoms with E-state index < -0.39 is 0 Å². The molecule has 4 aromatic rings. The average molecular weight is 440 g/mol. The molecule has 0 atom stereocenters. The van der Waals surface area contributed by atoms with Crippen LogP contribution in [0.3, 0.4) is 0 Å². The van der Waals surface area contributed by atoms with Gasteiger partial charge in [0.05, 0.1) is 23.9 Å². The Labute approximate surface area is 189 Å². The number of rotatable bonds is 6. The van der Waals surface area contributed by atoms with Gasteiger partial charge < -0.3 is 10.4 Å². The smallest absolute Gasteiger partial charge is 0.259 e. The van der Waals surface area contributed by atoms with Crippen molar-refractivity contribution in [1.82, 2.24) is 19.9 Å². The molecule has 0 bridgehead atoms. The Balaban J connectivity index is 1.61. The van der Waals surface area contributed by atoms with Gasteiger partial charge in [-0.3, -0.25) is 14.5 Å². The molecule has 1 aromatic carbocycles. The van der Waals surface area contributed by atoms with E-state index in [4.69, 9.17) is 10.4 Å². The molecule has 0 aliphatic heterocycles. The Morgan fingerprint density at radius 3 is 2.58 bits per heavy atom. The van der Waals surface area contributed by atoms with Crippen molar-refractivity contribution < 1.29 is 14.7 Å². The van der Waals surface area contributed by atoms with Gasteiger partial charge in [0.15, 0.2) is 0 Å². The highest BCUT2D eigenvalue weighted by atomic mass is 16.3.